The number of hydrogen-bond donors (Lipinski definition) is 2. The summed E-state index contributed by atoms with van der Waals surface area (Å²) in [5.74, 6) is -1.89. The Bertz CT molecular complexity index is 649. The van der Waals surface area contributed by atoms with Crippen LogP contribution in [-0.4, -0.2) is 18.7 Å². The van der Waals surface area contributed by atoms with Gasteiger partial charge in [-0.3, -0.25) is 4.79 Å². The summed E-state index contributed by atoms with van der Waals surface area (Å²) in [6, 6.07) is 10.6. The number of nitrogens with one attached hydrogen (secondary N) is 2. The van der Waals surface area contributed by atoms with E-state index in [1.165, 1.54) is 6.07 Å². The van der Waals surface area contributed by atoms with Gasteiger partial charge in [-0.05, 0) is 30.5 Å². The topological polar surface area (TPSA) is 41.1 Å². The van der Waals surface area contributed by atoms with Gasteiger partial charge in [-0.15, -0.1) is 11.8 Å². The fourth-order valence-electron chi connectivity index (χ4n) is 1.75. The minimum Gasteiger partial charge on any atom is -0.375 e. The van der Waals surface area contributed by atoms with Gasteiger partial charge in [0.15, 0.2) is 0 Å². The van der Waals surface area contributed by atoms with Crippen LogP contribution in [0.3, 0.4) is 0 Å². The van der Waals surface area contributed by atoms with Crippen LogP contribution in [0.4, 0.5) is 20.2 Å². The van der Waals surface area contributed by atoms with E-state index < -0.39 is 17.5 Å². The highest BCUT2D eigenvalue weighted by molar-refractivity contribution is 7.98. The Kier molecular flexibility index (Phi) is 5.16. The van der Waals surface area contributed by atoms with Crippen LogP contribution in [0.25, 0.3) is 0 Å². The highest BCUT2D eigenvalue weighted by Gasteiger charge is 2.08. The first-order valence-electron chi connectivity index (χ1n) is 6.22. The summed E-state index contributed by atoms with van der Waals surface area (Å²) in [4.78, 5) is 12.8. The van der Waals surface area contributed by atoms with E-state index in [0.717, 1.165) is 22.7 Å². The number of anilines is 2. The predicted octanol–water partition coefficient (Wildman–Crippen LogP) is 3.74. The number of rotatable bonds is 5. The molecule has 2 aromatic rings. The summed E-state index contributed by atoms with van der Waals surface area (Å²) in [5.41, 5.74) is 0.793. The summed E-state index contributed by atoms with van der Waals surface area (Å²) in [6.07, 6.45) is 1.94. The van der Waals surface area contributed by atoms with E-state index >= 15 is 0 Å². The van der Waals surface area contributed by atoms with Crippen molar-refractivity contribution in [3.63, 3.8) is 0 Å². The molecule has 0 fully saturated rings. The fraction of sp³-hybridized carbons (Fsp3) is 0.133. The van der Waals surface area contributed by atoms with Crippen molar-refractivity contribution in [3.05, 3.63) is 54.1 Å². The molecule has 6 heteroatoms. The molecule has 0 spiro atoms. The molecular formula is C15H14F2N2OS. The summed E-state index contributed by atoms with van der Waals surface area (Å²) in [5, 5.41) is 5.38. The molecular weight excluding hydrogens is 294 g/mol. The molecule has 110 valence electrons. The Morgan fingerprint density at radius 3 is 2.62 bits per heavy atom. The zero-order valence-electron chi connectivity index (χ0n) is 11.3. The maximum absolute atomic E-state index is 13.4. The lowest BCUT2D eigenvalue weighted by Gasteiger charge is -2.11. The maximum atomic E-state index is 13.4. The SMILES string of the molecule is CSc1ccccc1NCC(=O)Nc1ccc(F)cc1F. The van der Waals surface area contributed by atoms with Crippen molar-refractivity contribution in [2.75, 3.05) is 23.4 Å². The second-order valence-electron chi connectivity index (χ2n) is 4.23. The number of para-hydroxylation sites is 1. The number of halogens is 2. The van der Waals surface area contributed by atoms with Crippen LogP contribution in [0.15, 0.2) is 47.4 Å². The molecule has 2 rings (SSSR count). The van der Waals surface area contributed by atoms with Crippen LogP contribution in [-0.2, 0) is 4.79 Å². The van der Waals surface area contributed by atoms with Gasteiger partial charge in [0.2, 0.25) is 5.91 Å². The molecule has 0 aliphatic carbocycles. The fourth-order valence-corrected chi connectivity index (χ4v) is 2.33. The van der Waals surface area contributed by atoms with Gasteiger partial charge in [0.1, 0.15) is 11.6 Å². The van der Waals surface area contributed by atoms with Crippen molar-refractivity contribution in [1.82, 2.24) is 0 Å². The zero-order chi connectivity index (χ0) is 15.2. The Balaban J connectivity index is 1.96. The van der Waals surface area contributed by atoms with Gasteiger partial charge < -0.3 is 10.6 Å². The molecule has 21 heavy (non-hydrogen) atoms. The van der Waals surface area contributed by atoms with Crippen LogP contribution < -0.4 is 10.6 Å². The van der Waals surface area contributed by atoms with Gasteiger partial charge in [0.25, 0.3) is 0 Å². The Morgan fingerprint density at radius 2 is 1.90 bits per heavy atom. The minimum atomic E-state index is -0.798. The predicted molar refractivity (Wildman–Crippen MR) is 81.7 cm³/mol. The van der Waals surface area contributed by atoms with Crippen molar-refractivity contribution in [1.29, 1.82) is 0 Å². The van der Waals surface area contributed by atoms with Gasteiger partial charge in [0, 0.05) is 16.6 Å². The Morgan fingerprint density at radius 1 is 1.14 bits per heavy atom. The van der Waals surface area contributed by atoms with Crippen LogP contribution in [0.1, 0.15) is 0 Å². The summed E-state index contributed by atoms with van der Waals surface area (Å²) < 4.78 is 26.2. The zero-order valence-corrected chi connectivity index (χ0v) is 12.1. The molecule has 0 radical (unpaired) electrons. The third kappa shape index (κ3) is 4.19. The molecule has 3 nitrogen and oxygen atoms in total. The Hall–Kier alpha value is -2.08. The minimum absolute atomic E-state index is 0.00557. The number of thioether (sulfide) groups is 1. The van der Waals surface area contributed by atoms with E-state index in [2.05, 4.69) is 10.6 Å². The number of carbonyl (C=O) groups excluding carboxylic acids is 1. The number of hydrogen-bond acceptors (Lipinski definition) is 3. The van der Waals surface area contributed by atoms with Gasteiger partial charge in [-0.1, -0.05) is 12.1 Å². The molecule has 0 saturated carbocycles. The smallest absolute Gasteiger partial charge is 0.243 e. The van der Waals surface area contributed by atoms with Crippen molar-refractivity contribution in [2.24, 2.45) is 0 Å². The second kappa shape index (κ2) is 7.08. The van der Waals surface area contributed by atoms with Crippen LogP contribution >= 0.6 is 11.8 Å². The second-order valence-corrected chi connectivity index (χ2v) is 5.07. The molecule has 0 unspecified atom stereocenters. The number of amides is 1. The third-order valence-electron chi connectivity index (χ3n) is 2.75. The average Bonchev–Trinajstić information content (AvgIpc) is 2.48. The third-order valence-corrected chi connectivity index (χ3v) is 3.55. The normalized spacial score (nSPS) is 10.2. The van der Waals surface area contributed by atoms with Crippen LogP contribution in [0.5, 0.6) is 0 Å². The highest BCUT2D eigenvalue weighted by atomic mass is 32.2. The van der Waals surface area contributed by atoms with E-state index in [-0.39, 0.29) is 12.2 Å². The van der Waals surface area contributed by atoms with E-state index in [0.29, 0.717) is 0 Å². The lowest BCUT2D eigenvalue weighted by atomic mass is 10.3. The molecule has 0 heterocycles. The summed E-state index contributed by atoms with van der Waals surface area (Å²) >= 11 is 1.56. The van der Waals surface area contributed by atoms with Crippen molar-refractivity contribution in [3.8, 4) is 0 Å². The molecule has 2 N–H and O–H groups in total. The molecule has 0 aliphatic heterocycles. The standard InChI is InChI=1S/C15H14F2N2OS/c1-21-14-5-3-2-4-13(14)18-9-15(20)19-12-7-6-10(16)8-11(12)17/h2-8,18H,9H2,1H3,(H,19,20). The lowest BCUT2D eigenvalue weighted by Crippen LogP contribution is -2.22. The van der Waals surface area contributed by atoms with E-state index in [4.69, 9.17) is 0 Å². The first-order chi connectivity index (χ1) is 10.1. The van der Waals surface area contributed by atoms with E-state index in [1.807, 2.05) is 30.5 Å². The van der Waals surface area contributed by atoms with E-state index in [1.54, 1.807) is 11.8 Å². The van der Waals surface area contributed by atoms with Gasteiger partial charge >= 0.3 is 0 Å². The Labute approximate surface area is 125 Å². The summed E-state index contributed by atoms with van der Waals surface area (Å²) in [7, 11) is 0. The highest BCUT2D eigenvalue weighted by Crippen LogP contribution is 2.24. The van der Waals surface area contributed by atoms with Crippen molar-refractivity contribution < 1.29 is 13.6 Å². The lowest BCUT2D eigenvalue weighted by molar-refractivity contribution is -0.114. The maximum Gasteiger partial charge on any atom is 0.243 e. The first-order valence-corrected chi connectivity index (χ1v) is 7.44. The first kappa shape index (κ1) is 15.3. The van der Waals surface area contributed by atoms with E-state index in [9.17, 15) is 13.6 Å². The van der Waals surface area contributed by atoms with Gasteiger partial charge in [0.05, 0.1) is 12.2 Å². The molecule has 0 aliphatic rings. The van der Waals surface area contributed by atoms with Gasteiger partial charge in [-0.25, -0.2) is 8.78 Å². The van der Waals surface area contributed by atoms with Crippen molar-refractivity contribution >= 4 is 29.0 Å². The van der Waals surface area contributed by atoms with Gasteiger partial charge in [-0.2, -0.15) is 0 Å². The molecule has 0 aromatic heterocycles. The number of benzene rings is 2. The number of carbonyl (C=O) groups is 1. The quantitative estimate of drug-likeness (QED) is 0.827. The molecule has 2 aromatic carbocycles. The monoisotopic (exact) mass is 308 g/mol. The van der Waals surface area contributed by atoms with Crippen LogP contribution in [0, 0.1) is 11.6 Å². The summed E-state index contributed by atoms with van der Waals surface area (Å²) in [6.45, 7) is -0.00557. The largest absolute Gasteiger partial charge is 0.375 e. The van der Waals surface area contributed by atoms with Crippen molar-refractivity contribution in [2.45, 2.75) is 4.90 Å². The van der Waals surface area contributed by atoms with Crippen LogP contribution in [0.2, 0.25) is 0 Å². The molecule has 0 atom stereocenters. The molecule has 1 amide bonds. The molecule has 0 bridgehead atoms. The average molecular weight is 308 g/mol. The molecule has 0 saturated heterocycles.